The van der Waals surface area contributed by atoms with E-state index < -0.39 is 0 Å². The molecule has 1 aliphatic rings. The lowest BCUT2D eigenvalue weighted by atomic mass is 9.88. The van der Waals surface area contributed by atoms with Gasteiger partial charge in [-0.15, -0.1) is 0 Å². The third kappa shape index (κ3) is 2.73. The Morgan fingerprint density at radius 1 is 1.44 bits per heavy atom. The van der Waals surface area contributed by atoms with Gasteiger partial charge in [-0.2, -0.15) is 0 Å². The second-order valence-electron chi connectivity index (χ2n) is 5.07. The normalized spacial score (nSPS) is 26.9. The Labute approximate surface area is 97.7 Å². The van der Waals surface area contributed by atoms with Gasteiger partial charge in [0.05, 0.1) is 0 Å². The molecule has 2 atom stereocenters. The van der Waals surface area contributed by atoms with Gasteiger partial charge in [-0.3, -0.25) is 4.90 Å². The van der Waals surface area contributed by atoms with Crippen molar-refractivity contribution in [1.29, 1.82) is 0 Å². The molecule has 1 saturated heterocycles. The molecule has 2 N–H and O–H groups in total. The van der Waals surface area contributed by atoms with Gasteiger partial charge < -0.3 is 5.73 Å². The van der Waals surface area contributed by atoms with Gasteiger partial charge in [0.25, 0.3) is 0 Å². The summed E-state index contributed by atoms with van der Waals surface area (Å²) in [4.78, 5) is 6.53. The van der Waals surface area contributed by atoms with Crippen LogP contribution < -0.4 is 5.73 Å². The number of piperidine rings is 1. The molecule has 0 spiro atoms. The monoisotopic (exact) mass is 219 g/mol. The Balaban J connectivity index is 1.95. The molecular weight excluding hydrogens is 198 g/mol. The molecule has 2 unspecified atom stereocenters. The van der Waals surface area contributed by atoms with Crippen molar-refractivity contribution in [3.8, 4) is 0 Å². The number of nitrogens with two attached hydrogens (primary N) is 1. The molecule has 2 rings (SSSR count). The van der Waals surface area contributed by atoms with E-state index in [0.717, 1.165) is 18.4 Å². The fourth-order valence-electron chi connectivity index (χ4n) is 2.34. The lowest BCUT2D eigenvalue weighted by molar-refractivity contribution is 0.132. The van der Waals surface area contributed by atoms with E-state index in [-0.39, 0.29) is 0 Å². The van der Waals surface area contributed by atoms with E-state index in [1.807, 2.05) is 6.07 Å². The first-order valence-corrected chi connectivity index (χ1v) is 6.08. The summed E-state index contributed by atoms with van der Waals surface area (Å²) in [7, 11) is 0. The van der Waals surface area contributed by atoms with E-state index in [1.54, 1.807) is 6.20 Å². The van der Waals surface area contributed by atoms with Crippen LogP contribution >= 0.6 is 0 Å². The lowest BCUT2D eigenvalue weighted by Crippen LogP contribution is -2.37. The van der Waals surface area contributed by atoms with Crippen LogP contribution in [0.25, 0.3) is 0 Å². The van der Waals surface area contributed by atoms with Crippen LogP contribution in [0.2, 0.25) is 0 Å². The van der Waals surface area contributed by atoms with Crippen LogP contribution in [-0.2, 0) is 6.54 Å². The average Bonchev–Trinajstić information content (AvgIpc) is 2.24. The molecule has 1 aromatic heterocycles. The zero-order valence-corrected chi connectivity index (χ0v) is 10.2. The van der Waals surface area contributed by atoms with Crippen LogP contribution in [0.5, 0.6) is 0 Å². The molecule has 88 valence electrons. The Hall–Kier alpha value is -1.09. The Morgan fingerprint density at radius 3 is 2.94 bits per heavy atom. The maximum absolute atomic E-state index is 5.68. The third-order valence-electron chi connectivity index (χ3n) is 3.67. The summed E-state index contributed by atoms with van der Waals surface area (Å²) in [5.74, 6) is 2.28. The first-order valence-electron chi connectivity index (χ1n) is 6.08. The topological polar surface area (TPSA) is 42.2 Å². The molecule has 3 nitrogen and oxygen atoms in total. The Bertz CT molecular complexity index is 351. The van der Waals surface area contributed by atoms with Gasteiger partial charge in [0, 0.05) is 19.3 Å². The predicted octanol–water partition coefficient (Wildman–Crippen LogP) is 2.14. The molecular formula is C13H21N3. The summed E-state index contributed by atoms with van der Waals surface area (Å²) in [5, 5.41) is 0. The molecule has 0 amide bonds. The largest absolute Gasteiger partial charge is 0.384 e. The number of hydrogen-bond acceptors (Lipinski definition) is 3. The standard InChI is InChI=1S/C13H21N3/c1-10-4-6-16(8-11(10)2)9-12-3-5-15-13(14)7-12/h3,5,7,10-11H,4,6,8-9H2,1-2H3,(H2,14,15). The Kier molecular flexibility index (Phi) is 3.44. The fraction of sp³-hybridized carbons (Fsp3) is 0.615. The highest BCUT2D eigenvalue weighted by atomic mass is 15.1. The third-order valence-corrected chi connectivity index (χ3v) is 3.67. The van der Waals surface area contributed by atoms with Gasteiger partial charge in [0.2, 0.25) is 0 Å². The van der Waals surface area contributed by atoms with Crippen molar-refractivity contribution >= 4 is 5.82 Å². The summed E-state index contributed by atoms with van der Waals surface area (Å²) in [5.41, 5.74) is 6.96. The summed E-state index contributed by atoms with van der Waals surface area (Å²) in [6.45, 7) is 8.10. The Morgan fingerprint density at radius 2 is 2.25 bits per heavy atom. The van der Waals surface area contributed by atoms with Gasteiger partial charge in [-0.1, -0.05) is 13.8 Å². The zero-order valence-electron chi connectivity index (χ0n) is 10.2. The van der Waals surface area contributed by atoms with Crippen molar-refractivity contribution in [2.24, 2.45) is 11.8 Å². The van der Waals surface area contributed by atoms with E-state index in [2.05, 4.69) is 29.8 Å². The quantitative estimate of drug-likeness (QED) is 0.828. The molecule has 1 aromatic rings. The second-order valence-corrected chi connectivity index (χ2v) is 5.07. The number of anilines is 1. The maximum atomic E-state index is 5.68. The van der Waals surface area contributed by atoms with Crippen molar-refractivity contribution in [3.63, 3.8) is 0 Å². The molecule has 0 aliphatic carbocycles. The number of nitrogen functional groups attached to an aromatic ring is 1. The number of nitrogens with zero attached hydrogens (tertiary/aromatic N) is 2. The van der Waals surface area contributed by atoms with E-state index in [4.69, 9.17) is 5.73 Å². The van der Waals surface area contributed by atoms with Crippen LogP contribution in [0.15, 0.2) is 18.3 Å². The first kappa shape index (κ1) is 11.4. The molecule has 1 aliphatic heterocycles. The molecule has 1 fully saturated rings. The van der Waals surface area contributed by atoms with Crippen LogP contribution in [-0.4, -0.2) is 23.0 Å². The van der Waals surface area contributed by atoms with Gasteiger partial charge in [0.1, 0.15) is 5.82 Å². The number of rotatable bonds is 2. The van der Waals surface area contributed by atoms with Crippen molar-refractivity contribution in [3.05, 3.63) is 23.9 Å². The zero-order chi connectivity index (χ0) is 11.5. The number of aromatic nitrogens is 1. The predicted molar refractivity (Wildman–Crippen MR) is 66.9 cm³/mol. The highest BCUT2D eigenvalue weighted by molar-refractivity contribution is 5.31. The van der Waals surface area contributed by atoms with Gasteiger partial charge in [-0.25, -0.2) is 4.98 Å². The number of pyridine rings is 1. The van der Waals surface area contributed by atoms with Gasteiger partial charge in [0.15, 0.2) is 0 Å². The van der Waals surface area contributed by atoms with Crippen molar-refractivity contribution < 1.29 is 0 Å². The summed E-state index contributed by atoms with van der Waals surface area (Å²) < 4.78 is 0. The second kappa shape index (κ2) is 4.83. The van der Waals surface area contributed by atoms with Crippen LogP contribution in [0.1, 0.15) is 25.8 Å². The highest BCUT2D eigenvalue weighted by Crippen LogP contribution is 2.23. The molecule has 3 heteroatoms. The van der Waals surface area contributed by atoms with Gasteiger partial charge in [-0.05, 0) is 42.5 Å². The maximum Gasteiger partial charge on any atom is 0.123 e. The van der Waals surface area contributed by atoms with Crippen LogP contribution in [0.3, 0.4) is 0 Å². The molecule has 0 saturated carbocycles. The van der Waals surface area contributed by atoms with Crippen molar-refractivity contribution in [1.82, 2.24) is 9.88 Å². The van der Waals surface area contributed by atoms with Crippen LogP contribution in [0.4, 0.5) is 5.82 Å². The SMILES string of the molecule is CC1CCN(Cc2ccnc(N)c2)CC1C. The summed E-state index contributed by atoms with van der Waals surface area (Å²) in [6.07, 6.45) is 3.10. The molecule has 2 heterocycles. The molecule has 0 radical (unpaired) electrons. The average molecular weight is 219 g/mol. The molecule has 16 heavy (non-hydrogen) atoms. The smallest absolute Gasteiger partial charge is 0.123 e. The number of likely N-dealkylation sites (tertiary alicyclic amines) is 1. The fourth-order valence-corrected chi connectivity index (χ4v) is 2.34. The summed E-state index contributed by atoms with van der Waals surface area (Å²) in [6, 6.07) is 4.03. The van der Waals surface area contributed by atoms with Crippen molar-refractivity contribution in [2.45, 2.75) is 26.8 Å². The lowest BCUT2D eigenvalue weighted by Gasteiger charge is -2.35. The minimum absolute atomic E-state index is 0.621. The van der Waals surface area contributed by atoms with E-state index >= 15 is 0 Å². The van der Waals surface area contributed by atoms with E-state index in [9.17, 15) is 0 Å². The number of hydrogen-bond donors (Lipinski definition) is 1. The molecule has 0 aromatic carbocycles. The minimum atomic E-state index is 0.621. The van der Waals surface area contributed by atoms with Gasteiger partial charge >= 0.3 is 0 Å². The summed E-state index contributed by atoms with van der Waals surface area (Å²) >= 11 is 0. The van der Waals surface area contributed by atoms with Crippen LogP contribution in [0, 0.1) is 11.8 Å². The first-order chi connectivity index (χ1) is 7.65. The van der Waals surface area contributed by atoms with E-state index in [1.165, 1.54) is 25.1 Å². The van der Waals surface area contributed by atoms with E-state index in [0.29, 0.717) is 5.82 Å². The molecule has 0 bridgehead atoms. The highest BCUT2D eigenvalue weighted by Gasteiger charge is 2.22. The van der Waals surface area contributed by atoms with Crippen molar-refractivity contribution in [2.75, 3.05) is 18.8 Å². The minimum Gasteiger partial charge on any atom is -0.384 e.